The first kappa shape index (κ1) is 16.8. The molecule has 0 aliphatic heterocycles. The molecule has 0 aliphatic carbocycles. The van der Waals surface area contributed by atoms with Crippen molar-refractivity contribution < 1.29 is 22.8 Å². The Morgan fingerprint density at radius 2 is 1.72 bits per heavy atom. The second-order valence-electron chi connectivity index (χ2n) is 4.00. The van der Waals surface area contributed by atoms with Crippen LogP contribution in [0.4, 0.5) is 13.2 Å². The van der Waals surface area contributed by atoms with Crippen LogP contribution in [0, 0.1) is 5.92 Å². The number of Topliss-reactive ketones (excluding diaryl/α,β-unsaturated/α-hetero) is 2. The highest BCUT2D eigenvalue weighted by Crippen LogP contribution is 2.20. The van der Waals surface area contributed by atoms with E-state index in [1.165, 1.54) is 18.1 Å². The molecular formula is C12H14F3O2S. The van der Waals surface area contributed by atoms with E-state index in [9.17, 15) is 22.8 Å². The molecule has 0 bridgehead atoms. The summed E-state index contributed by atoms with van der Waals surface area (Å²) >= 11 is 1.01. The van der Waals surface area contributed by atoms with Crippen molar-refractivity contribution >= 4 is 22.9 Å². The summed E-state index contributed by atoms with van der Waals surface area (Å²) in [6.07, 6.45) is -6.03. The van der Waals surface area contributed by atoms with Gasteiger partial charge in [-0.25, -0.2) is 0 Å². The molecule has 1 heterocycles. The smallest absolute Gasteiger partial charge is 0.293 e. The summed E-state index contributed by atoms with van der Waals surface area (Å²) in [6, 6.07) is 2.92. The molecule has 0 spiro atoms. The first-order valence-corrected chi connectivity index (χ1v) is 5.96. The number of carbonyl (C=O) groups excluding carboxylic acids is 2. The lowest BCUT2D eigenvalue weighted by Crippen LogP contribution is -2.25. The predicted molar refractivity (Wildman–Crippen MR) is 64.6 cm³/mol. The number of alkyl halides is 3. The maximum Gasteiger partial charge on any atom is 0.450 e. The van der Waals surface area contributed by atoms with Gasteiger partial charge >= 0.3 is 6.18 Å². The molecule has 1 aromatic rings. The third-order valence-electron chi connectivity index (χ3n) is 1.43. The van der Waals surface area contributed by atoms with Crippen molar-refractivity contribution in [3.8, 4) is 0 Å². The molecule has 101 valence electrons. The third kappa shape index (κ3) is 7.21. The van der Waals surface area contributed by atoms with E-state index in [1.807, 2.05) is 0 Å². The van der Waals surface area contributed by atoms with Crippen molar-refractivity contribution in [2.24, 2.45) is 0 Å². The minimum Gasteiger partial charge on any atom is -0.293 e. The van der Waals surface area contributed by atoms with E-state index in [0.29, 0.717) is 0 Å². The average molecular weight is 279 g/mol. The molecule has 0 amide bonds. The van der Waals surface area contributed by atoms with Crippen LogP contribution in [0.5, 0.6) is 0 Å². The number of ketones is 2. The fourth-order valence-corrected chi connectivity index (χ4v) is 1.43. The van der Waals surface area contributed by atoms with E-state index in [-0.39, 0.29) is 4.88 Å². The maximum atomic E-state index is 11.8. The van der Waals surface area contributed by atoms with Crippen LogP contribution in [-0.4, -0.2) is 17.7 Å². The fraction of sp³-hybridized carbons (Fsp3) is 0.417. The number of thiophene rings is 1. The van der Waals surface area contributed by atoms with Crippen molar-refractivity contribution in [3.63, 3.8) is 0 Å². The van der Waals surface area contributed by atoms with Crippen LogP contribution in [-0.2, 0) is 4.79 Å². The predicted octanol–water partition coefficient (Wildman–Crippen LogP) is 4.07. The highest BCUT2D eigenvalue weighted by molar-refractivity contribution is 7.12. The zero-order valence-electron chi connectivity index (χ0n) is 10.3. The lowest BCUT2D eigenvalue weighted by Gasteiger charge is -2.02. The molecule has 0 aliphatic rings. The Kier molecular flexibility index (Phi) is 6.83. The van der Waals surface area contributed by atoms with E-state index < -0.39 is 24.2 Å². The zero-order valence-corrected chi connectivity index (χ0v) is 11.1. The van der Waals surface area contributed by atoms with Gasteiger partial charge in [-0.15, -0.1) is 11.3 Å². The molecule has 1 rings (SSSR count). The molecule has 1 aromatic heterocycles. The Hall–Kier alpha value is -1.17. The highest BCUT2D eigenvalue weighted by Gasteiger charge is 2.39. The van der Waals surface area contributed by atoms with E-state index in [0.717, 1.165) is 11.3 Å². The van der Waals surface area contributed by atoms with Crippen LogP contribution in [0.25, 0.3) is 0 Å². The number of rotatable bonds is 3. The second kappa shape index (κ2) is 7.31. The van der Waals surface area contributed by atoms with E-state index in [2.05, 4.69) is 20.8 Å². The summed E-state index contributed by atoms with van der Waals surface area (Å²) in [5.41, 5.74) is 0. The molecular weight excluding hydrogens is 265 g/mol. The zero-order chi connectivity index (χ0) is 14.3. The van der Waals surface area contributed by atoms with Gasteiger partial charge in [0.15, 0.2) is 5.78 Å². The van der Waals surface area contributed by atoms with Gasteiger partial charge < -0.3 is 0 Å². The molecule has 0 atom stereocenters. The average Bonchev–Trinajstić information content (AvgIpc) is 2.67. The summed E-state index contributed by atoms with van der Waals surface area (Å²) in [7, 11) is 0. The van der Waals surface area contributed by atoms with Crippen molar-refractivity contribution in [3.05, 3.63) is 28.3 Å². The van der Waals surface area contributed by atoms with Crippen molar-refractivity contribution in [2.45, 2.75) is 33.4 Å². The number of carbonyl (C=O) groups is 2. The van der Waals surface area contributed by atoms with E-state index >= 15 is 0 Å². The third-order valence-corrected chi connectivity index (χ3v) is 2.34. The van der Waals surface area contributed by atoms with Gasteiger partial charge in [0, 0.05) is 0 Å². The molecule has 0 saturated carbocycles. The van der Waals surface area contributed by atoms with Crippen LogP contribution in [0.1, 0.15) is 36.9 Å². The monoisotopic (exact) mass is 279 g/mol. The first-order valence-electron chi connectivity index (χ1n) is 5.08. The Balaban J connectivity index is 0.000000631. The minimum absolute atomic E-state index is 0.169. The second-order valence-corrected chi connectivity index (χ2v) is 4.95. The molecule has 0 fully saturated rings. The van der Waals surface area contributed by atoms with Crippen molar-refractivity contribution in [1.82, 2.24) is 0 Å². The molecule has 1 radical (unpaired) electrons. The van der Waals surface area contributed by atoms with Crippen LogP contribution in [0.2, 0.25) is 0 Å². The minimum atomic E-state index is -4.92. The van der Waals surface area contributed by atoms with Gasteiger partial charge in [-0.3, -0.25) is 9.59 Å². The summed E-state index contributed by atoms with van der Waals surface area (Å²) in [5.74, 6) is -1.38. The molecule has 6 heteroatoms. The van der Waals surface area contributed by atoms with Crippen LogP contribution in [0.15, 0.2) is 17.5 Å². The Labute approximate surface area is 108 Å². The Morgan fingerprint density at radius 3 is 2.06 bits per heavy atom. The van der Waals surface area contributed by atoms with Gasteiger partial charge in [0.2, 0.25) is 5.78 Å². The normalized spacial score (nSPS) is 10.8. The maximum absolute atomic E-state index is 11.8. The Morgan fingerprint density at radius 1 is 1.22 bits per heavy atom. The molecule has 0 aromatic carbocycles. The van der Waals surface area contributed by atoms with Gasteiger partial charge in [0.1, 0.15) is 0 Å². The molecule has 2 nitrogen and oxygen atoms in total. The number of hydrogen-bond acceptors (Lipinski definition) is 3. The van der Waals surface area contributed by atoms with Gasteiger partial charge in [0.05, 0.1) is 11.3 Å². The van der Waals surface area contributed by atoms with Crippen LogP contribution in [0.3, 0.4) is 0 Å². The van der Waals surface area contributed by atoms with Crippen molar-refractivity contribution in [2.75, 3.05) is 0 Å². The SMILES string of the molecule is C[C](C)C.O=C(CC(=O)C(F)(F)F)c1cccs1. The molecule has 0 unspecified atom stereocenters. The molecule has 18 heavy (non-hydrogen) atoms. The lowest BCUT2D eigenvalue weighted by atomic mass is 10.2. The standard InChI is InChI=1S/C8H5F3O2S.C4H9/c9-8(10,11)7(13)4-5(12)6-2-1-3-14-6;1-4(2)3/h1-3H,4H2;1-3H3. The van der Waals surface area contributed by atoms with Crippen molar-refractivity contribution in [1.29, 1.82) is 0 Å². The highest BCUT2D eigenvalue weighted by atomic mass is 32.1. The van der Waals surface area contributed by atoms with E-state index in [4.69, 9.17) is 0 Å². The topological polar surface area (TPSA) is 34.1 Å². The number of halogens is 3. The van der Waals surface area contributed by atoms with Crippen LogP contribution < -0.4 is 0 Å². The van der Waals surface area contributed by atoms with Gasteiger partial charge in [0.25, 0.3) is 0 Å². The van der Waals surface area contributed by atoms with Gasteiger partial charge in [-0.2, -0.15) is 13.2 Å². The lowest BCUT2D eigenvalue weighted by molar-refractivity contribution is -0.170. The molecule has 0 N–H and O–H groups in total. The van der Waals surface area contributed by atoms with E-state index in [1.54, 1.807) is 5.38 Å². The Bertz CT molecular complexity index is 378. The van der Waals surface area contributed by atoms with Crippen LogP contribution >= 0.6 is 11.3 Å². The molecule has 0 saturated heterocycles. The summed E-state index contributed by atoms with van der Waals surface area (Å²) < 4.78 is 35.3. The quantitative estimate of drug-likeness (QED) is 0.617. The fourth-order valence-electron chi connectivity index (χ4n) is 0.770. The largest absolute Gasteiger partial charge is 0.450 e. The summed E-state index contributed by atoms with van der Waals surface area (Å²) in [5, 5.41) is 1.56. The summed E-state index contributed by atoms with van der Waals surface area (Å²) in [4.78, 5) is 21.7. The number of hydrogen-bond donors (Lipinski definition) is 0. The van der Waals surface area contributed by atoms with Gasteiger partial charge in [-0.05, 0) is 17.4 Å². The first-order chi connectivity index (χ1) is 8.14. The summed E-state index contributed by atoms with van der Waals surface area (Å²) in [6.45, 7) is 6.25. The van der Waals surface area contributed by atoms with Gasteiger partial charge in [-0.1, -0.05) is 26.8 Å².